The Morgan fingerprint density at radius 1 is 1.54 bits per heavy atom. The van der Waals surface area contributed by atoms with Crippen LogP contribution in [-0.4, -0.2) is 16.3 Å². The molecule has 0 unspecified atom stereocenters. The number of anilines is 1. The van der Waals surface area contributed by atoms with Gasteiger partial charge in [-0.2, -0.15) is 5.10 Å². The van der Waals surface area contributed by atoms with E-state index in [9.17, 15) is 4.79 Å². The highest BCUT2D eigenvalue weighted by molar-refractivity contribution is 5.38. The molecule has 0 aliphatic carbocycles. The van der Waals surface area contributed by atoms with Gasteiger partial charge in [-0.05, 0) is 13.3 Å². The third-order valence-corrected chi connectivity index (χ3v) is 1.75. The third-order valence-electron chi connectivity index (χ3n) is 1.75. The van der Waals surface area contributed by atoms with E-state index >= 15 is 0 Å². The van der Waals surface area contributed by atoms with Gasteiger partial charge in [-0.1, -0.05) is 6.92 Å². The molecular formula is C9H15N3O. The minimum absolute atomic E-state index is 0.0522. The zero-order valence-electron chi connectivity index (χ0n) is 8.08. The summed E-state index contributed by atoms with van der Waals surface area (Å²) >= 11 is 0. The van der Waals surface area contributed by atoms with Crippen LogP contribution in [0.4, 0.5) is 5.69 Å². The fourth-order valence-electron chi connectivity index (χ4n) is 1.04. The van der Waals surface area contributed by atoms with Crippen LogP contribution >= 0.6 is 0 Å². The van der Waals surface area contributed by atoms with Crippen LogP contribution in [0, 0.1) is 0 Å². The standard InChI is InChI=1S/C9H15N3O/c1-3-5-10-8-6-9(13)12(4-2)11-7-8/h6-7,10H,3-5H2,1-2H3. The van der Waals surface area contributed by atoms with Crippen LogP contribution in [0.25, 0.3) is 0 Å². The summed E-state index contributed by atoms with van der Waals surface area (Å²) in [5, 5.41) is 7.10. The van der Waals surface area contributed by atoms with Crippen molar-refractivity contribution in [2.45, 2.75) is 26.8 Å². The normalized spacial score (nSPS) is 10.0. The first-order valence-corrected chi connectivity index (χ1v) is 4.59. The zero-order valence-corrected chi connectivity index (χ0v) is 8.08. The Hall–Kier alpha value is -1.32. The van der Waals surface area contributed by atoms with Crippen molar-refractivity contribution in [2.24, 2.45) is 0 Å². The van der Waals surface area contributed by atoms with Gasteiger partial charge in [0.05, 0.1) is 11.9 Å². The smallest absolute Gasteiger partial charge is 0.268 e. The van der Waals surface area contributed by atoms with Crippen molar-refractivity contribution in [3.63, 3.8) is 0 Å². The van der Waals surface area contributed by atoms with Crippen LogP contribution < -0.4 is 10.9 Å². The maximum absolute atomic E-state index is 11.3. The van der Waals surface area contributed by atoms with Crippen LogP contribution in [0.5, 0.6) is 0 Å². The first-order chi connectivity index (χ1) is 6.27. The van der Waals surface area contributed by atoms with Gasteiger partial charge >= 0.3 is 0 Å². The molecule has 0 atom stereocenters. The van der Waals surface area contributed by atoms with Crippen LogP contribution in [-0.2, 0) is 6.54 Å². The van der Waals surface area contributed by atoms with E-state index < -0.39 is 0 Å². The van der Waals surface area contributed by atoms with Gasteiger partial charge < -0.3 is 5.32 Å². The molecule has 1 rings (SSSR count). The molecule has 0 amide bonds. The van der Waals surface area contributed by atoms with Crippen molar-refractivity contribution in [3.05, 3.63) is 22.6 Å². The number of aromatic nitrogens is 2. The monoisotopic (exact) mass is 181 g/mol. The average Bonchev–Trinajstić information content (AvgIpc) is 2.15. The van der Waals surface area contributed by atoms with E-state index in [-0.39, 0.29) is 5.56 Å². The van der Waals surface area contributed by atoms with Crippen molar-refractivity contribution in [2.75, 3.05) is 11.9 Å². The Morgan fingerprint density at radius 2 is 2.31 bits per heavy atom. The summed E-state index contributed by atoms with van der Waals surface area (Å²) in [5.41, 5.74) is 0.750. The molecule has 0 saturated carbocycles. The predicted octanol–water partition coefficient (Wildman–Crippen LogP) is 1.09. The van der Waals surface area contributed by atoms with E-state index in [2.05, 4.69) is 17.3 Å². The van der Waals surface area contributed by atoms with Crippen molar-refractivity contribution in [1.29, 1.82) is 0 Å². The van der Waals surface area contributed by atoms with Gasteiger partial charge in [0.25, 0.3) is 5.56 Å². The molecule has 0 aromatic carbocycles. The second kappa shape index (κ2) is 4.64. The topological polar surface area (TPSA) is 46.9 Å². The molecule has 0 aliphatic rings. The highest BCUT2D eigenvalue weighted by Crippen LogP contribution is 1.98. The lowest BCUT2D eigenvalue weighted by atomic mass is 10.4. The van der Waals surface area contributed by atoms with Gasteiger partial charge in [0.2, 0.25) is 0 Å². The van der Waals surface area contributed by atoms with Gasteiger partial charge in [-0.25, -0.2) is 4.68 Å². The highest BCUT2D eigenvalue weighted by atomic mass is 16.1. The summed E-state index contributed by atoms with van der Waals surface area (Å²) in [5.74, 6) is 0. The van der Waals surface area contributed by atoms with Gasteiger partial charge in [0.15, 0.2) is 0 Å². The first kappa shape index (κ1) is 9.77. The number of aryl methyl sites for hydroxylation is 1. The molecule has 1 aromatic rings. The lowest BCUT2D eigenvalue weighted by Crippen LogP contribution is -2.21. The number of nitrogens with zero attached hydrogens (tertiary/aromatic N) is 2. The Morgan fingerprint density at radius 3 is 2.85 bits per heavy atom. The molecule has 0 spiro atoms. The Kier molecular flexibility index (Phi) is 3.49. The summed E-state index contributed by atoms with van der Waals surface area (Å²) < 4.78 is 1.43. The Labute approximate surface area is 77.6 Å². The van der Waals surface area contributed by atoms with Crippen LogP contribution in [0.1, 0.15) is 20.3 Å². The van der Waals surface area contributed by atoms with E-state index in [4.69, 9.17) is 0 Å². The predicted molar refractivity (Wildman–Crippen MR) is 53.0 cm³/mol. The van der Waals surface area contributed by atoms with Gasteiger partial charge in [0.1, 0.15) is 0 Å². The molecular weight excluding hydrogens is 166 g/mol. The van der Waals surface area contributed by atoms with E-state index in [1.165, 1.54) is 4.68 Å². The maximum Gasteiger partial charge on any atom is 0.268 e. The SMILES string of the molecule is CCCNc1cnn(CC)c(=O)c1. The third kappa shape index (κ3) is 2.57. The highest BCUT2D eigenvalue weighted by Gasteiger charge is 1.96. The van der Waals surface area contributed by atoms with Crippen molar-refractivity contribution < 1.29 is 0 Å². The van der Waals surface area contributed by atoms with Crippen molar-refractivity contribution in [3.8, 4) is 0 Å². The van der Waals surface area contributed by atoms with E-state index in [0.29, 0.717) is 6.54 Å². The lowest BCUT2D eigenvalue weighted by Gasteiger charge is -2.04. The Balaban J connectivity index is 2.77. The number of hydrogen-bond donors (Lipinski definition) is 1. The van der Waals surface area contributed by atoms with Gasteiger partial charge in [-0.3, -0.25) is 4.79 Å². The number of rotatable bonds is 4. The Bertz CT molecular complexity index is 319. The summed E-state index contributed by atoms with van der Waals surface area (Å²) in [6, 6.07) is 1.58. The summed E-state index contributed by atoms with van der Waals surface area (Å²) in [6.45, 7) is 5.46. The molecule has 1 aromatic heterocycles. The van der Waals surface area contributed by atoms with Crippen LogP contribution in [0.2, 0.25) is 0 Å². The molecule has 4 nitrogen and oxygen atoms in total. The van der Waals surface area contributed by atoms with Gasteiger partial charge in [-0.15, -0.1) is 0 Å². The summed E-state index contributed by atoms with van der Waals surface area (Å²) in [6.07, 6.45) is 2.72. The van der Waals surface area contributed by atoms with Crippen LogP contribution in [0.15, 0.2) is 17.1 Å². The maximum atomic E-state index is 11.3. The first-order valence-electron chi connectivity index (χ1n) is 4.59. The molecule has 1 heterocycles. The molecule has 0 aliphatic heterocycles. The summed E-state index contributed by atoms with van der Waals surface area (Å²) in [4.78, 5) is 11.3. The van der Waals surface area contributed by atoms with Gasteiger partial charge in [0, 0.05) is 19.2 Å². The molecule has 0 bridgehead atoms. The lowest BCUT2D eigenvalue weighted by molar-refractivity contribution is 0.616. The molecule has 0 fully saturated rings. The fraction of sp³-hybridized carbons (Fsp3) is 0.556. The molecule has 4 heteroatoms. The zero-order chi connectivity index (χ0) is 9.68. The van der Waals surface area contributed by atoms with E-state index in [0.717, 1.165) is 18.7 Å². The molecule has 72 valence electrons. The minimum Gasteiger partial charge on any atom is -0.384 e. The average molecular weight is 181 g/mol. The second-order valence-corrected chi connectivity index (χ2v) is 2.83. The quantitative estimate of drug-likeness (QED) is 0.756. The fourth-order valence-corrected chi connectivity index (χ4v) is 1.04. The summed E-state index contributed by atoms with van der Waals surface area (Å²) in [7, 11) is 0. The van der Waals surface area contributed by atoms with Crippen molar-refractivity contribution >= 4 is 5.69 Å². The van der Waals surface area contributed by atoms with E-state index in [1.807, 2.05) is 6.92 Å². The van der Waals surface area contributed by atoms with Crippen molar-refractivity contribution in [1.82, 2.24) is 9.78 Å². The molecule has 1 N–H and O–H groups in total. The molecule has 0 saturated heterocycles. The minimum atomic E-state index is -0.0522. The van der Waals surface area contributed by atoms with Crippen LogP contribution in [0.3, 0.4) is 0 Å². The number of hydrogen-bond acceptors (Lipinski definition) is 3. The largest absolute Gasteiger partial charge is 0.384 e. The number of nitrogens with one attached hydrogen (secondary N) is 1. The second-order valence-electron chi connectivity index (χ2n) is 2.83. The van der Waals surface area contributed by atoms with E-state index in [1.54, 1.807) is 12.3 Å². The molecule has 0 radical (unpaired) electrons. The molecule has 13 heavy (non-hydrogen) atoms.